The normalized spacial score (nSPS) is 12.1. The number of hydrogen-bond donors (Lipinski definition) is 2. The Balaban J connectivity index is 1.93. The average Bonchev–Trinajstić information content (AvgIpc) is 3.03. The molecule has 0 spiro atoms. The molecule has 2 aromatic heterocycles. The van der Waals surface area contributed by atoms with E-state index in [1.165, 1.54) is 16.2 Å². The summed E-state index contributed by atoms with van der Waals surface area (Å²) in [7, 11) is 1.62. The van der Waals surface area contributed by atoms with E-state index in [2.05, 4.69) is 10.7 Å². The summed E-state index contributed by atoms with van der Waals surface area (Å²) < 4.78 is 1.38. The Bertz CT molecular complexity index is 664. The van der Waals surface area contributed by atoms with Gasteiger partial charge in [-0.05, 0) is 53.3 Å². The van der Waals surface area contributed by atoms with Crippen LogP contribution in [0.4, 0.5) is 0 Å². The van der Waals surface area contributed by atoms with Gasteiger partial charge in [0, 0.05) is 26.4 Å². The number of hydrogen-bond acceptors (Lipinski definition) is 4. The molecule has 0 saturated carbocycles. The smallest absolute Gasteiger partial charge is 0.263 e. The molecule has 6 heteroatoms. The first kappa shape index (κ1) is 16.5. The molecule has 0 fully saturated rings. The molecule has 0 aromatic carbocycles. The summed E-state index contributed by atoms with van der Waals surface area (Å²) in [6.45, 7) is 0.588. The molecule has 1 atom stereocenters. The van der Waals surface area contributed by atoms with Crippen LogP contribution in [0.3, 0.4) is 0 Å². The van der Waals surface area contributed by atoms with E-state index < -0.39 is 0 Å². The van der Waals surface area contributed by atoms with Crippen LogP contribution in [0.1, 0.15) is 34.7 Å². The predicted octanol–water partition coefficient (Wildman–Crippen LogP) is 1.73. The fourth-order valence-corrected chi connectivity index (χ4v) is 3.11. The van der Waals surface area contributed by atoms with Crippen molar-refractivity contribution >= 4 is 17.2 Å². The molecule has 2 N–H and O–H groups in total. The molecule has 0 saturated heterocycles. The summed E-state index contributed by atoms with van der Waals surface area (Å²) in [4.78, 5) is 23.9. The van der Waals surface area contributed by atoms with Crippen molar-refractivity contribution in [2.45, 2.75) is 18.8 Å². The number of thiophene rings is 1. The van der Waals surface area contributed by atoms with Gasteiger partial charge in [0.15, 0.2) is 0 Å². The molecule has 2 rings (SSSR count). The number of amides is 1. The Labute approximate surface area is 133 Å². The predicted molar refractivity (Wildman–Crippen MR) is 87.4 cm³/mol. The first-order chi connectivity index (χ1) is 10.6. The van der Waals surface area contributed by atoms with E-state index in [0.717, 1.165) is 6.42 Å². The monoisotopic (exact) mass is 320 g/mol. The third-order valence-corrected chi connectivity index (χ3v) is 4.34. The fraction of sp³-hybridized carbons (Fsp3) is 0.375. The number of aliphatic hydroxyl groups is 1. The lowest BCUT2D eigenvalue weighted by Crippen LogP contribution is -2.32. The van der Waals surface area contributed by atoms with Gasteiger partial charge in [-0.15, -0.1) is 0 Å². The van der Waals surface area contributed by atoms with E-state index in [1.54, 1.807) is 30.6 Å². The number of carbonyl (C=O) groups excluding carboxylic acids is 1. The summed E-state index contributed by atoms with van der Waals surface area (Å²) in [5, 5.41) is 16.0. The molecule has 0 radical (unpaired) electrons. The molecule has 1 amide bonds. The second-order valence-electron chi connectivity index (χ2n) is 5.15. The van der Waals surface area contributed by atoms with Crippen molar-refractivity contribution in [3.8, 4) is 0 Å². The zero-order valence-corrected chi connectivity index (χ0v) is 13.3. The molecule has 5 nitrogen and oxygen atoms in total. The zero-order chi connectivity index (χ0) is 15.9. The average molecular weight is 320 g/mol. The molecule has 0 bridgehead atoms. The van der Waals surface area contributed by atoms with Gasteiger partial charge in [0.2, 0.25) is 0 Å². The summed E-state index contributed by atoms with van der Waals surface area (Å²) in [5.74, 6) is -0.135. The molecule has 118 valence electrons. The van der Waals surface area contributed by atoms with Gasteiger partial charge in [0.1, 0.15) is 5.56 Å². The topological polar surface area (TPSA) is 71.3 Å². The van der Waals surface area contributed by atoms with Gasteiger partial charge in [-0.25, -0.2) is 0 Å². The van der Waals surface area contributed by atoms with E-state index in [-0.39, 0.29) is 29.6 Å². The van der Waals surface area contributed by atoms with Crippen LogP contribution in [0.15, 0.2) is 40.0 Å². The van der Waals surface area contributed by atoms with E-state index in [9.17, 15) is 9.59 Å². The van der Waals surface area contributed by atoms with Crippen molar-refractivity contribution in [1.29, 1.82) is 0 Å². The SMILES string of the molecule is Cn1cccc(C(=O)NCC[C@@H](CCO)c2ccsc2)c1=O. The first-order valence-corrected chi connectivity index (χ1v) is 8.14. The Morgan fingerprint density at radius 2 is 2.23 bits per heavy atom. The highest BCUT2D eigenvalue weighted by Crippen LogP contribution is 2.24. The van der Waals surface area contributed by atoms with Gasteiger partial charge in [0.25, 0.3) is 11.5 Å². The summed E-state index contributed by atoms with van der Waals surface area (Å²) >= 11 is 1.62. The van der Waals surface area contributed by atoms with E-state index in [4.69, 9.17) is 5.11 Å². The Kier molecular flexibility index (Phi) is 5.91. The van der Waals surface area contributed by atoms with E-state index >= 15 is 0 Å². The molecule has 2 aromatic rings. The number of aromatic nitrogens is 1. The second kappa shape index (κ2) is 7.91. The maximum absolute atomic E-state index is 12.1. The first-order valence-electron chi connectivity index (χ1n) is 7.20. The van der Waals surface area contributed by atoms with Crippen LogP contribution in [0.5, 0.6) is 0 Å². The van der Waals surface area contributed by atoms with Crippen molar-refractivity contribution in [2.75, 3.05) is 13.2 Å². The number of nitrogens with zero attached hydrogens (tertiary/aromatic N) is 1. The highest BCUT2D eigenvalue weighted by Gasteiger charge is 2.14. The van der Waals surface area contributed by atoms with Gasteiger partial charge >= 0.3 is 0 Å². The van der Waals surface area contributed by atoms with Crippen LogP contribution in [-0.2, 0) is 7.05 Å². The number of nitrogens with one attached hydrogen (secondary N) is 1. The van der Waals surface area contributed by atoms with E-state index in [1.807, 2.05) is 11.4 Å². The van der Waals surface area contributed by atoms with Crippen LogP contribution in [0.25, 0.3) is 0 Å². The van der Waals surface area contributed by atoms with Gasteiger partial charge in [-0.3, -0.25) is 9.59 Å². The number of rotatable bonds is 7. The number of aliphatic hydroxyl groups excluding tert-OH is 1. The third-order valence-electron chi connectivity index (χ3n) is 3.64. The van der Waals surface area contributed by atoms with Crippen LogP contribution in [0, 0.1) is 0 Å². The number of carbonyl (C=O) groups is 1. The Morgan fingerprint density at radius 1 is 1.41 bits per heavy atom. The van der Waals surface area contributed by atoms with Crippen molar-refractivity contribution in [3.05, 3.63) is 56.6 Å². The van der Waals surface area contributed by atoms with Crippen molar-refractivity contribution in [2.24, 2.45) is 7.05 Å². The highest BCUT2D eigenvalue weighted by molar-refractivity contribution is 7.07. The quantitative estimate of drug-likeness (QED) is 0.816. The van der Waals surface area contributed by atoms with Crippen LogP contribution >= 0.6 is 11.3 Å². The van der Waals surface area contributed by atoms with Crippen molar-refractivity contribution in [1.82, 2.24) is 9.88 Å². The maximum atomic E-state index is 12.1. The Morgan fingerprint density at radius 3 is 2.91 bits per heavy atom. The molecule has 22 heavy (non-hydrogen) atoms. The highest BCUT2D eigenvalue weighted by atomic mass is 32.1. The lowest BCUT2D eigenvalue weighted by molar-refractivity contribution is 0.0950. The molecule has 0 aliphatic heterocycles. The molecule has 2 heterocycles. The lowest BCUT2D eigenvalue weighted by atomic mass is 9.95. The minimum Gasteiger partial charge on any atom is -0.396 e. The van der Waals surface area contributed by atoms with Crippen LogP contribution in [-0.4, -0.2) is 28.7 Å². The molecular weight excluding hydrogens is 300 g/mol. The zero-order valence-electron chi connectivity index (χ0n) is 12.5. The largest absolute Gasteiger partial charge is 0.396 e. The van der Waals surface area contributed by atoms with Crippen LogP contribution in [0.2, 0.25) is 0 Å². The minimum atomic E-state index is -0.353. The van der Waals surface area contributed by atoms with Gasteiger partial charge in [-0.2, -0.15) is 11.3 Å². The maximum Gasteiger partial charge on any atom is 0.263 e. The number of aryl methyl sites for hydroxylation is 1. The summed E-state index contributed by atoms with van der Waals surface area (Å²) in [5.41, 5.74) is 1.04. The molecule has 0 unspecified atom stereocenters. The van der Waals surface area contributed by atoms with Gasteiger partial charge in [-0.1, -0.05) is 0 Å². The van der Waals surface area contributed by atoms with Gasteiger partial charge < -0.3 is 15.0 Å². The van der Waals surface area contributed by atoms with Crippen LogP contribution < -0.4 is 10.9 Å². The van der Waals surface area contributed by atoms with Crippen molar-refractivity contribution in [3.63, 3.8) is 0 Å². The summed E-state index contributed by atoms with van der Waals surface area (Å²) in [6.07, 6.45) is 3.02. The molecule has 0 aliphatic carbocycles. The molecule has 0 aliphatic rings. The standard InChI is InChI=1S/C16H20N2O3S/c1-18-8-2-3-14(16(18)21)15(20)17-7-4-12(5-9-19)13-6-10-22-11-13/h2-3,6,8,10-12,19H,4-5,7,9H2,1H3,(H,17,20)/t12-/m0/s1. The van der Waals surface area contributed by atoms with Gasteiger partial charge in [0.05, 0.1) is 0 Å². The minimum absolute atomic E-state index is 0.119. The molecular formula is C16H20N2O3S. The lowest BCUT2D eigenvalue weighted by Gasteiger charge is -2.15. The fourth-order valence-electron chi connectivity index (χ4n) is 2.37. The number of pyridine rings is 1. The Hall–Kier alpha value is -1.92. The summed E-state index contributed by atoms with van der Waals surface area (Å²) in [6, 6.07) is 5.25. The third kappa shape index (κ3) is 4.05. The second-order valence-corrected chi connectivity index (χ2v) is 5.93. The van der Waals surface area contributed by atoms with Crippen molar-refractivity contribution < 1.29 is 9.90 Å². The van der Waals surface area contributed by atoms with E-state index in [0.29, 0.717) is 13.0 Å².